The van der Waals surface area contributed by atoms with Crippen LogP contribution in [0.1, 0.15) is 45.9 Å². The SMILES string of the molecule is CCN(CC)CCN(C)C(=O)c1sc(-c2cc(C)c(C)cc2C)nc1C. The number of aryl methyl sites for hydroxylation is 4. The highest BCUT2D eigenvalue weighted by molar-refractivity contribution is 7.17. The summed E-state index contributed by atoms with van der Waals surface area (Å²) in [5, 5.41) is 0.934. The normalized spacial score (nSPS) is 11.2. The van der Waals surface area contributed by atoms with Crippen LogP contribution in [0.4, 0.5) is 0 Å². The van der Waals surface area contributed by atoms with Crippen LogP contribution < -0.4 is 0 Å². The number of amides is 1. The molecule has 1 amide bonds. The summed E-state index contributed by atoms with van der Waals surface area (Å²) in [5.41, 5.74) is 5.69. The number of hydrogen-bond donors (Lipinski definition) is 0. The second-order valence-corrected chi connectivity index (χ2v) is 7.94. The molecule has 1 aromatic carbocycles. The van der Waals surface area contributed by atoms with Gasteiger partial charge in [0.1, 0.15) is 9.88 Å². The Morgan fingerprint density at radius 2 is 1.62 bits per heavy atom. The molecule has 0 radical (unpaired) electrons. The number of thiazole rings is 1. The Balaban J connectivity index is 2.22. The number of benzene rings is 1. The van der Waals surface area contributed by atoms with Crippen molar-refractivity contribution >= 4 is 17.2 Å². The van der Waals surface area contributed by atoms with E-state index in [0.717, 1.165) is 47.3 Å². The molecule has 0 aliphatic carbocycles. The van der Waals surface area contributed by atoms with E-state index in [1.165, 1.54) is 28.0 Å². The van der Waals surface area contributed by atoms with Crippen molar-refractivity contribution in [3.63, 3.8) is 0 Å². The molecule has 0 fully saturated rings. The first-order chi connectivity index (χ1) is 12.3. The van der Waals surface area contributed by atoms with E-state index in [-0.39, 0.29) is 5.91 Å². The molecule has 142 valence electrons. The van der Waals surface area contributed by atoms with E-state index in [1.807, 2.05) is 18.9 Å². The molecule has 0 atom stereocenters. The van der Waals surface area contributed by atoms with Crippen molar-refractivity contribution < 1.29 is 4.79 Å². The number of carbonyl (C=O) groups is 1. The third kappa shape index (κ3) is 4.51. The van der Waals surface area contributed by atoms with Crippen LogP contribution in [0.2, 0.25) is 0 Å². The molecule has 0 saturated carbocycles. The highest BCUT2D eigenvalue weighted by Gasteiger charge is 2.20. The van der Waals surface area contributed by atoms with Gasteiger partial charge in [0.25, 0.3) is 5.91 Å². The molecule has 0 aliphatic heterocycles. The van der Waals surface area contributed by atoms with E-state index in [0.29, 0.717) is 0 Å². The smallest absolute Gasteiger partial charge is 0.265 e. The molecule has 0 saturated heterocycles. The molecule has 1 aromatic heterocycles. The van der Waals surface area contributed by atoms with Gasteiger partial charge in [-0.15, -0.1) is 11.3 Å². The molecule has 5 heteroatoms. The van der Waals surface area contributed by atoms with Gasteiger partial charge >= 0.3 is 0 Å². The van der Waals surface area contributed by atoms with E-state index >= 15 is 0 Å². The molecule has 0 spiro atoms. The van der Waals surface area contributed by atoms with Gasteiger partial charge in [-0.05, 0) is 63.5 Å². The quantitative estimate of drug-likeness (QED) is 0.719. The largest absolute Gasteiger partial charge is 0.340 e. The van der Waals surface area contributed by atoms with E-state index in [2.05, 4.69) is 51.7 Å². The van der Waals surface area contributed by atoms with Crippen LogP contribution in [0, 0.1) is 27.7 Å². The third-order valence-electron chi connectivity index (χ3n) is 5.05. The lowest BCUT2D eigenvalue weighted by Gasteiger charge is -2.22. The van der Waals surface area contributed by atoms with E-state index in [1.54, 1.807) is 0 Å². The highest BCUT2D eigenvalue weighted by Crippen LogP contribution is 2.32. The molecule has 2 aromatic rings. The van der Waals surface area contributed by atoms with Crippen LogP contribution in [0.5, 0.6) is 0 Å². The Hall–Kier alpha value is -1.72. The van der Waals surface area contributed by atoms with E-state index in [9.17, 15) is 4.79 Å². The number of rotatable bonds is 7. The lowest BCUT2D eigenvalue weighted by molar-refractivity contribution is 0.0783. The Kier molecular flexibility index (Phi) is 6.95. The lowest BCUT2D eigenvalue weighted by atomic mass is 10.0. The van der Waals surface area contributed by atoms with Gasteiger partial charge in [-0.3, -0.25) is 4.79 Å². The molecule has 0 N–H and O–H groups in total. The first-order valence-electron chi connectivity index (χ1n) is 9.31. The van der Waals surface area contributed by atoms with Gasteiger partial charge < -0.3 is 9.80 Å². The van der Waals surface area contributed by atoms with Crippen molar-refractivity contribution in [2.24, 2.45) is 0 Å². The summed E-state index contributed by atoms with van der Waals surface area (Å²) < 4.78 is 0. The number of likely N-dealkylation sites (N-methyl/N-ethyl adjacent to an activating group) is 2. The first-order valence-corrected chi connectivity index (χ1v) is 10.1. The molecule has 0 aliphatic rings. The molecule has 26 heavy (non-hydrogen) atoms. The molecular weight excluding hydrogens is 342 g/mol. The summed E-state index contributed by atoms with van der Waals surface area (Å²) >= 11 is 1.51. The minimum Gasteiger partial charge on any atom is -0.340 e. The molecule has 1 heterocycles. The zero-order valence-electron chi connectivity index (χ0n) is 17.1. The standard InChI is InChI=1S/C21H31N3OS/c1-8-24(9-2)11-10-23(7)21(25)19-17(6)22-20(26-19)18-13-15(4)14(3)12-16(18)5/h12-13H,8-11H2,1-7H3. The predicted molar refractivity (Wildman–Crippen MR) is 111 cm³/mol. The first kappa shape index (κ1) is 20.6. The Bertz CT molecular complexity index is 778. The van der Waals surface area contributed by atoms with Gasteiger partial charge in [0.15, 0.2) is 0 Å². The number of hydrogen-bond acceptors (Lipinski definition) is 4. The van der Waals surface area contributed by atoms with Gasteiger partial charge in [0, 0.05) is 25.7 Å². The average molecular weight is 374 g/mol. The van der Waals surface area contributed by atoms with E-state index in [4.69, 9.17) is 4.98 Å². The minimum atomic E-state index is 0.0693. The second kappa shape index (κ2) is 8.78. The van der Waals surface area contributed by atoms with Gasteiger partial charge in [-0.2, -0.15) is 0 Å². The van der Waals surface area contributed by atoms with Gasteiger partial charge in [-0.1, -0.05) is 19.9 Å². The molecular formula is C21H31N3OS. The summed E-state index contributed by atoms with van der Waals surface area (Å²) in [4.78, 5) is 22.5. The summed E-state index contributed by atoms with van der Waals surface area (Å²) in [6, 6.07) is 4.38. The van der Waals surface area contributed by atoms with Crippen LogP contribution in [0.15, 0.2) is 12.1 Å². The monoisotopic (exact) mass is 373 g/mol. The van der Waals surface area contributed by atoms with Crippen LogP contribution in [0.3, 0.4) is 0 Å². The van der Waals surface area contributed by atoms with Crippen LogP contribution >= 0.6 is 11.3 Å². The van der Waals surface area contributed by atoms with Gasteiger partial charge in [-0.25, -0.2) is 4.98 Å². The summed E-state index contributed by atoms with van der Waals surface area (Å²) in [7, 11) is 1.88. The van der Waals surface area contributed by atoms with Crippen LogP contribution in [-0.4, -0.2) is 53.9 Å². The molecule has 2 rings (SSSR count). The fourth-order valence-corrected chi connectivity index (χ4v) is 4.15. The number of nitrogens with zero attached hydrogens (tertiary/aromatic N) is 3. The van der Waals surface area contributed by atoms with Gasteiger partial charge in [0.2, 0.25) is 0 Å². The van der Waals surface area contributed by atoms with Crippen LogP contribution in [-0.2, 0) is 0 Å². The molecule has 0 bridgehead atoms. The average Bonchev–Trinajstić information content (AvgIpc) is 2.99. The van der Waals surface area contributed by atoms with Crippen molar-refractivity contribution in [1.29, 1.82) is 0 Å². The summed E-state index contributed by atoms with van der Waals surface area (Å²) in [5.74, 6) is 0.0693. The number of aromatic nitrogens is 1. The van der Waals surface area contributed by atoms with Crippen molar-refractivity contribution in [2.45, 2.75) is 41.5 Å². The lowest BCUT2D eigenvalue weighted by Crippen LogP contribution is -2.36. The maximum Gasteiger partial charge on any atom is 0.265 e. The van der Waals surface area contributed by atoms with Crippen molar-refractivity contribution in [3.05, 3.63) is 39.4 Å². The predicted octanol–water partition coefficient (Wildman–Crippen LogP) is 4.46. The van der Waals surface area contributed by atoms with Gasteiger partial charge in [0.05, 0.1) is 5.69 Å². The fraction of sp³-hybridized carbons (Fsp3) is 0.524. The Labute approximate surface area is 161 Å². The number of carbonyl (C=O) groups excluding carboxylic acids is 1. The third-order valence-corrected chi connectivity index (χ3v) is 6.23. The highest BCUT2D eigenvalue weighted by atomic mass is 32.1. The minimum absolute atomic E-state index is 0.0693. The summed E-state index contributed by atoms with van der Waals surface area (Å²) in [6.07, 6.45) is 0. The molecule has 0 unspecified atom stereocenters. The van der Waals surface area contributed by atoms with Crippen molar-refractivity contribution in [1.82, 2.24) is 14.8 Å². The molecule has 4 nitrogen and oxygen atoms in total. The topological polar surface area (TPSA) is 36.4 Å². The maximum atomic E-state index is 12.9. The maximum absolute atomic E-state index is 12.9. The second-order valence-electron chi connectivity index (χ2n) is 6.94. The fourth-order valence-electron chi connectivity index (χ4n) is 3.01. The van der Waals surface area contributed by atoms with E-state index < -0.39 is 0 Å². The zero-order valence-corrected chi connectivity index (χ0v) is 18.0. The Morgan fingerprint density at radius 3 is 2.23 bits per heavy atom. The van der Waals surface area contributed by atoms with Crippen LogP contribution in [0.25, 0.3) is 10.6 Å². The van der Waals surface area contributed by atoms with Crippen molar-refractivity contribution in [2.75, 3.05) is 33.2 Å². The summed E-state index contributed by atoms with van der Waals surface area (Å²) in [6.45, 7) is 16.2. The van der Waals surface area contributed by atoms with Crippen molar-refractivity contribution in [3.8, 4) is 10.6 Å². The zero-order chi connectivity index (χ0) is 19.4. The Morgan fingerprint density at radius 1 is 1.00 bits per heavy atom.